The Balaban J connectivity index is 1.74. The maximum Gasteiger partial charge on any atom is 0.407 e. The van der Waals surface area contributed by atoms with Crippen LogP contribution in [0, 0.1) is 5.92 Å². The molecule has 0 aliphatic carbocycles. The van der Waals surface area contributed by atoms with Gasteiger partial charge in [0, 0.05) is 25.0 Å². The van der Waals surface area contributed by atoms with E-state index in [0.717, 1.165) is 32.5 Å². The highest BCUT2D eigenvalue weighted by molar-refractivity contribution is 5.68. The zero-order chi connectivity index (χ0) is 16.9. The van der Waals surface area contributed by atoms with Crippen LogP contribution in [0.2, 0.25) is 0 Å². The van der Waals surface area contributed by atoms with E-state index in [4.69, 9.17) is 4.74 Å². The molecule has 1 aliphatic heterocycles. The van der Waals surface area contributed by atoms with Gasteiger partial charge in [-0.05, 0) is 77.2 Å². The molecule has 0 radical (unpaired) electrons. The number of aromatic nitrogens is 1. The van der Waals surface area contributed by atoms with E-state index in [1.54, 1.807) is 0 Å². The lowest BCUT2D eigenvalue weighted by Gasteiger charge is -2.35. The van der Waals surface area contributed by atoms with E-state index in [0.29, 0.717) is 5.92 Å². The Morgan fingerprint density at radius 1 is 1.35 bits per heavy atom. The van der Waals surface area contributed by atoms with Gasteiger partial charge in [0.25, 0.3) is 0 Å². The number of ether oxygens (including phenoxy) is 1. The summed E-state index contributed by atoms with van der Waals surface area (Å²) in [5, 5.41) is 2.98. The van der Waals surface area contributed by atoms with Crippen molar-refractivity contribution in [2.75, 3.05) is 13.1 Å². The van der Waals surface area contributed by atoms with Crippen molar-refractivity contribution in [3.63, 3.8) is 0 Å². The number of pyridine rings is 1. The van der Waals surface area contributed by atoms with Crippen molar-refractivity contribution < 1.29 is 9.53 Å². The molecule has 1 aliphatic rings. The summed E-state index contributed by atoms with van der Waals surface area (Å²) < 4.78 is 5.33. The van der Waals surface area contributed by atoms with Crippen molar-refractivity contribution in [2.24, 2.45) is 5.92 Å². The number of carbonyl (C=O) groups excluding carboxylic acids is 1. The van der Waals surface area contributed by atoms with Gasteiger partial charge in [0.15, 0.2) is 0 Å². The number of nitrogens with one attached hydrogen (secondary N) is 1. The topological polar surface area (TPSA) is 54.5 Å². The highest BCUT2D eigenvalue weighted by atomic mass is 16.6. The van der Waals surface area contributed by atoms with Crippen molar-refractivity contribution in [1.82, 2.24) is 15.2 Å². The lowest BCUT2D eigenvalue weighted by Crippen LogP contribution is -2.45. The second kappa shape index (κ2) is 7.77. The predicted octanol–water partition coefficient (Wildman–Crippen LogP) is 3.21. The molecular formula is C18H29N3O2. The zero-order valence-corrected chi connectivity index (χ0v) is 14.7. The molecular weight excluding hydrogens is 290 g/mol. The molecule has 0 saturated carbocycles. The van der Waals surface area contributed by atoms with Gasteiger partial charge in [0.2, 0.25) is 0 Å². The van der Waals surface area contributed by atoms with Crippen LogP contribution < -0.4 is 5.32 Å². The molecule has 5 heteroatoms. The Morgan fingerprint density at radius 3 is 2.52 bits per heavy atom. The Morgan fingerprint density at radius 2 is 1.96 bits per heavy atom. The monoisotopic (exact) mass is 319 g/mol. The molecule has 1 N–H and O–H groups in total. The van der Waals surface area contributed by atoms with Gasteiger partial charge in [-0.2, -0.15) is 0 Å². The number of rotatable bonds is 4. The summed E-state index contributed by atoms with van der Waals surface area (Å²) in [5.41, 5.74) is 0.857. The van der Waals surface area contributed by atoms with Crippen LogP contribution in [-0.4, -0.2) is 40.7 Å². The van der Waals surface area contributed by atoms with Crippen molar-refractivity contribution in [1.29, 1.82) is 0 Å². The number of carbonyl (C=O) groups is 1. The lowest BCUT2D eigenvalue weighted by molar-refractivity contribution is 0.0472. The molecule has 5 nitrogen and oxygen atoms in total. The Bertz CT molecular complexity index is 491. The zero-order valence-electron chi connectivity index (χ0n) is 14.7. The van der Waals surface area contributed by atoms with Crippen LogP contribution in [0.15, 0.2) is 24.5 Å². The third-order valence-corrected chi connectivity index (χ3v) is 4.24. The number of hydrogen-bond acceptors (Lipinski definition) is 4. The van der Waals surface area contributed by atoms with Crippen molar-refractivity contribution in [3.8, 4) is 0 Å². The van der Waals surface area contributed by atoms with Crippen molar-refractivity contribution in [2.45, 2.75) is 58.7 Å². The molecule has 1 amide bonds. The lowest BCUT2D eigenvalue weighted by atomic mass is 9.90. The number of nitrogens with zero attached hydrogens (tertiary/aromatic N) is 2. The second-order valence-corrected chi connectivity index (χ2v) is 7.40. The molecule has 1 saturated heterocycles. The molecule has 0 spiro atoms. The summed E-state index contributed by atoms with van der Waals surface area (Å²) >= 11 is 0. The van der Waals surface area contributed by atoms with Crippen LogP contribution in [0.1, 0.15) is 46.1 Å². The minimum Gasteiger partial charge on any atom is -0.444 e. The summed E-state index contributed by atoms with van der Waals surface area (Å²) in [5.74, 6) is 0.510. The van der Waals surface area contributed by atoms with E-state index in [1.165, 1.54) is 5.56 Å². The molecule has 1 atom stereocenters. The smallest absolute Gasteiger partial charge is 0.407 e. The van der Waals surface area contributed by atoms with Crippen molar-refractivity contribution >= 4 is 6.09 Å². The molecule has 2 rings (SSSR count). The maximum atomic E-state index is 11.9. The van der Waals surface area contributed by atoms with Crippen LogP contribution >= 0.6 is 0 Å². The third kappa shape index (κ3) is 6.18. The summed E-state index contributed by atoms with van der Waals surface area (Å²) in [6.45, 7) is 10.8. The highest BCUT2D eigenvalue weighted by Crippen LogP contribution is 2.22. The molecule has 0 unspecified atom stereocenters. The maximum absolute atomic E-state index is 11.9. The predicted molar refractivity (Wildman–Crippen MR) is 91.1 cm³/mol. The van der Waals surface area contributed by atoms with Gasteiger partial charge < -0.3 is 10.1 Å². The first-order valence-electron chi connectivity index (χ1n) is 8.44. The molecule has 1 aromatic rings. The van der Waals surface area contributed by atoms with Crippen LogP contribution in [0.3, 0.4) is 0 Å². The fourth-order valence-corrected chi connectivity index (χ4v) is 2.97. The first kappa shape index (κ1) is 17.7. The van der Waals surface area contributed by atoms with E-state index in [9.17, 15) is 4.79 Å². The van der Waals surface area contributed by atoms with E-state index in [1.807, 2.05) is 33.2 Å². The van der Waals surface area contributed by atoms with Gasteiger partial charge in [-0.3, -0.25) is 9.88 Å². The van der Waals surface area contributed by atoms with E-state index >= 15 is 0 Å². The summed E-state index contributed by atoms with van der Waals surface area (Å²) in [4.78, 5) is 18.4. The van der Waals surface area contributed by atoms with Crippen molar-refractivity contribution in [3.05, 3.63) is 30.1 Å². The normalized spacial score (nSPS) is 18.4. The van der Waals surface area contributed by atoms with Gasteiger partial charge in [-0.25, -0.2) is 4.79 Å². The van der Waals surface area contributed by atoms with E-state index < -0.39 is 5.60 Å². The Hall–Kier alpha value is -1.62. The Labute approximate surface area is 139 Å². The van der Waals surface area contributed by atoms with Crippen LogP contribution in [-0.2, 0) is 11.3 Å². The van der Waals surface area contributed by atoms with Crippen LogP contribution in [0.25, 0.3) is 0 Å². The first-order valence-corrected chi connectivity index (χ1v) is 8.44. The molecule has 23 heavy (non-hydrogen) atoms. The summed E-state index contributed by atoms with van der Waals surface area (Å²) in [6, 6.07) is 4.28. The molecule has 0 bridgehead atoms. The molecule has 128 valence electrons. The largest absolute Gasteiger partial charge is 0.444 e. The average molecular weight is 319 g/mol. The fraction of sp³-hybridized carbons (Fsp3) is 0.667. The van der Waals surface area contributed by atoms with Gasteiger partial charge in [-0.1, -0.05) is 0 Å². The van der Waals surface area contributed by atoms with Gasteiger partial charge >= 0.3 is 6.09 Å². The molecule has 1 fully saturated rings. The summed E-state index contributed by atoms with van der Waals surface area (Å²) in [6.07, 6.45) is 5.57. The van der Waals surface area contributed by atoms with Gasteiger partial charge in [0.1, 0.15) is 5.60 Å². The van der Waals surface area contributed by atoms with Crippen LogP contribution in [0.5, 0.6) is 0 Å². The minimum absolute atomic E-state index is 0.146. The van der Waals surface area contributed by atoms with Gasteiger partial charge in [0.05, 0.1) is 0 Å². The minimum atomic E-state index is -0.447. The SMILES string of the molecule is C[C@H](NC(=O)OC(C)(C)C)C1CCN(Cc2ccncc2)CC1. The molecule has 2 heterocycles. The number of piperidine rings is 1. The average Bonchev–Trinajstić information content (AvgIpc) is 2.47. The van der Waals surface area contributed by atoms with Crippen LogP contribution in [0.4, 0.5) is 4.79 Å². The second-order valence-electron chi connectivity index (χ2n) is 7.40. The number of amides is 1. The quantitative estimate of drug-likeness (QED) is 0.926. The van der Waals surface area contributed by atoms with E-state index in [-0.39, 0.29) is 12.1 Å². The fourth-order valence-electron chi connectivity index (χ4n) is 2.97. The molecule has 0 aromatic carbocycles. The first-order chi connectivity index (χ1) is 10.8. The third-order valence-electron chi connectivity index (χ3n) is 4.24. The highest BCUT2D eigenvalue weighted by Gasteiger charge is 2.26. The number of hydrogen-bond donors (Lipinski definition) is 1. The standard InChI is InChI=1S/C18H29N3O2/c1-14(20-17(22)23-18(2,3)4)16-7-11-21(12-8-16)13-15-5-9-19-10-6-15/h5-6,9-10,14,16H,7-8,11-13H2,1-4H3,(H,20,22)/t14-/m0/s1. The number of alkyl carbamates (subject to hydrolysis) is 1. The molecule has 1 aromatic heterocycles. The summed E-state index contributed by atoms with van der Waals surface area (Å²) in [7, 11) is 0. The van der Waals surface area contributed by atoms with Gasteiger partial charge in [-0.15, -0.1) is 0 Å². The number of likely N-dealkylation sites (tertiary alicyclic amines) is 1. The van der Waals surface area contributed by atoms with E-state index in [2.05, 4.69) is 34.3 Å². The Kier molecular flexibility index (Phi) is 5.99.